The molecular weight excluding hydrogens is 304 g/mol. The first kappa shape index (κ1) is 14.5. The second-order valence-electron chi connectivity index (χ2n) is 4.98. The number of primary sulfonamides is 1. The zero-order chi connectivity index (χ0) is 16.1. The standard InChI is InChI=1S/C14H14N4O3S/c1-8(11-3-2-6-17-11)13-10-7-9(22(16,20)21)4-5-12(10)18(15)14(13)19/h2-7,17H,15H2,1H3,(H2,16,20,21). The van der Waals surface area contributed by atoms with Crippen LogP contribution in [-0.4, -0.2) is 19.3 Å². The van der Waals surface area contributed by atoms with Crippen molar-refractivity contribution in [3.8, 4) is 0 Å². The SMILES string of the molecule is CC(=C1C(=O)N(N)c2ccc(S(N)(=O)=O)cc21)c1ccc[nH]1. The highest BCUT2D eigenvalue weighted by Gasteiger charge is 2.33. The molecule has 8 heteroatoms. The van der Waals surface area contributed by atoms with Gasteiger partial charge < -0.3 is 4.98 Å². The third kappa shape index (κ3) is 2.13. The van der Waals surface area contributed by atoms with Gasteiger partial charge >= 0.3 is 0 Å². The second kappa shape index (κ2) is 4.80. The van der Waals surface area contributed by atoms with Crippen molar-refractivity contribution in [2.24, 2.45) is 11.0 Å². The first-order valence-electron chi connectivity index (χ1n) is 6.41. The van der Waals surface area contributed by atoms with Gasteiger partial charge in [0.15, 0.2) is 0 Å². The van der Waals surface area contributed by atoms with Crippen molar-refractivity contribution in [3.63, 3.8) is 0 Å². The molecule has 1 amide bonds. The third-order valence-electron chi connectivity index (χ3n) is 3.64. The Hall–Kier alpha value is -2.42. The van der Waals surface area contributed by atoms with E-state index < -0.39 is 15.9 Å². The predicted octanol–water partition coefficient (Wildman–Crippen LogP) is 0.813. The van der Waals surface area contributed by atoms with E-state index in [0.717, 1.165) is 10.7 Å². The number of hydrogen-bond donors (Lipinski definition) is 3. The number of aromatic amines is 1. The maximum Gasteiger partial charge on any atom is 0.273 e. The van der Waals surface area contributed by atoms with Crippen LogP contribution < -0.4 is 16.0 Å². The summed E-state index contributed by atoms with van der Waals surface area (Å²) in [4.78, 5) is 15.4. The largest absolute Gasteiger partial charge is 0.361 e. The van der Waals surface area contributed by atoms with Crippen molar-refractivity contribution < 1.29 is 13.2 Å². The third-order valence-corrected chi connectivity index (χ3v) is 4.55. The molecule has 1 aliphatic heterocycles. The Kier molecular flexibility index (Phi) is 3.17. The van der Waals surface area contributed by atoms with Crippen molar-refractivity contribution in [2.75, 3.05) is 5.01 Å². The molecule has 0 saturated heterocycles. The summed E-state index contributed by atoms with van der Waals surface area (Å²) in [5, 5.41) is 6.16. The van der Waals surface area contributed by atoms with E-state index in [-0.39, 0.29) is 4.90 Å². The number of benzene rings is 1. The lowest BCUT2D eigenvalue weighted by Gasteiger charge is -2.08. The summed E-state index contributed by atoms with van der Waals surface area (Å²) in [5.41, 5.74) is 2.68. The van der Waals surface area contributed by atoms with Gasteiger partial charge in [-0.2, -0.15) is 0 Å². The van der Waals surface area contributed by atoms with Gasteiger partial charge in [0.25, 0.3) is 5.91 Å². The number of carbonyl (C=O) groups is 1. The Bertz CT molecular complexity index is 898. The fourth-order valence-electron chi connectivity index (χ4n) is 2.51. The Labute approximate surface area is 127 Å². The highest BCUT2D eigenvalue weighted by atomic mass is 32.2. The van der Waals surface area contributed by atoms with E-state index in [4.69, 9.17) is 11.0 Å². The zero-order valence-electron chi connectivity index (χ0n) is 11.7. The zero-order valence-corrected chi connectivity index (χ0v) is 12.5. The Morgan fingerprint density at radius 1 is 1.27 bits per heavy atom. The maximum atomic E-state index is 12.4. The fraction of sp³-hybridized carbons (Fsp3) is 0.0714. The number of sulfonamides is 1. The van der Waals surface area contributed by atoms with Crippen LogP contribution in [0.3, 0.4) is 0 Å². The van der Waals surface area contributed by atoms with Crippen LogP contribution in [0, 0.1) is 0 Å². The maximum absolute atomic E-state index is 12.4. The van der Waals surface area contributed by atoms with Crippen molar-refractivity contribution in [1.82, 2.24) is 4.98 Å². The van der Waals surface area contributed by atoms with Crippen LogP contribution in [0.15, 0.2) is 41.4 Å². The number of carbonyl (C=O) groups excluding carboxylic acids is 1. The van der Waals surface area contributed by atoms with Crippen molar-refractivity contribution in [3.05, 3.63) is 47.8 Å². The number of hydrogen-bond acceptors (Lipinski definition) is 4. The highest BCUT2D eigenvalue weighted by Crippen LogP contribution is 2.39. The molecule has 0 aliphatic carbocycles. The summed E-state index contributed by atoms with van der Waals surface area (Å²) < 4.78 is 23.1. The molecule has 1 aromatic heterocycles. The predicted molar refractivity (Wildman–Crippen MR) is 82.8 cm³/mol. The van der Waals surface area contributed by atoms with Crippen molar-refractivity contribution in [1.29, 1.82) is 0 Å². The van der Waals surface area contributed by atoms with Gasteiger partial charge in [-0.3, -0.25) is 4.79 Å². The second-order valence-corrected chi connectivity index (χ2v) is 6.54. The van der Waals surface area contributed by atoms with Gasteiger partial charge in [0.1, 0.15) is 0 Å². The summed E-state index contributed by atoms with van der Waals surface area (Å²) in [5.74, 6) is 5.39. The van der Waals surface area contributed by atoms with Crippen molar-refractivity contribution in [2.45, 2.75) is 11.8 Å². The molecule has 0 spiro atoms. The average Bonchev–Trinajstić information content (AvgIpc) is 3.06. The van der Waals surface area contributed by atoms with Gasteiger partial charge in [-0.1, -0.05) is 0 Å². The molecule has 3 rings (SSSR count). The van der Waals surface area contributed by atoms with Crippen molar-refractivity contribution >= 4 is 32.8 Å². The smallest absolute Gasteiger partial charge is 0.273 e. The number of nitrogens with two attached hydrogens (primary N) is 2. The summed E-state index contributed by atoms with van der Waals surface area (Å²) in [7, 11) is -3.86. The van der Waals surface area contributed by atoms with Gasteiger partial charge in [0.2, 0.25) is 10.0 Å². The number of amides is 1. The lowest BCUT2D eigenvalue weighted by molar-refractivity contribution is -0.113. The number of aromatic nitrogens is 1. The number of allylic oxidation sites excluding steroid dienone is 1. The molecule has 1 aromatic carbocycles. The number of rotatable bonds is 2. The van der Waals surface area contributed by atoms with E-state index in [1.165, 1.54) is 18.2 Å². The fourth-order valence-corrected chi connectivity index (χ4v) is 3.05. The van der Waals surface area contributed by atoms with Gasteiger partial charge in [-0.25, -0.2) is 24.4 Å². The Morgan fingerprint density at radius 3 is 2.59 bits per heavy atom. The normalized spacial score (nSPS) is 16.9. The molecule has 5 N–H and O–H groups in total. The van der Waals surface area contributed by atoms with Gasteiger partial charge in [0.05, 0.1) is 16.2 Å². The van der Waals surface area contributed by atoms with Crippen LogP contribution in [0.1, 0.15) is 18.2 Å². The number of nitrogens with zero attached hydrogens (tertiary/aromatic N) is 1. The molecule has 0 atom stereocenters. The monoisotopic (exact) mass is 318 g/mol. The van der Waals surface area contributed by atoms with Crippen LogP contribution >= 0.6 is 0 Å². The first-order valence-corrected chi connectivity index (χ1v) is 7.96. The van der Waals surface area contributed by atoms with Crippen LogP contribution in [0.25, 0.3) is 11.1 Å². The van der Waals surface area contributed by atoms with E-state index in [1.54, 1.807) is 19.2 Å². The van der Waals surface area contributed by atoms with Crippen LogP contribution in [0.5, 0.6) is 0 Å². The van der Waals surface area contributed by atoms with Gasteiger partial charge in [-0.05, 0) is 42.8 Å². The number of nitrogens with one attached hydrogen (secondary N) is 1. The minimum Gasteiger partial charge on any atom is -0.361 e. The molecule has 0 fully saturated rings. The summed E-state index contributed by atoms with van der Waals surface area (Å²) in [6, 6.07) is 7.80. The average molecular weight is 318 g/mol. The van der Waals surface area contributed by atoms with E-state index in [2.05, 4.69) is 4.98 Å². The van der Waals surface area contributed by atoms with Crippen LogP contribution in [-0.2, 0) is 14.8 Å². The molecule has 0 saturated carbocycles. The van der Waals surface area contributed by atoms with E-state index in [1.807, 2.05) is 6.07 Å². The quantitative estimate of drug-likeness (QED) is 0.431. The van der Waals surface area contributed by atoms with E-state index in [0.29, 0.717) is 22.4 Å². The molecular formula is C14H14N4O3S. The summed E-state index contributed by atoms with van der Waals surface area (Å²) >= 11 is 0. The van der Waals surface area contributed by atoms with Crippen LogP contribution in [0.4, 0.5) is 5.69 Å². The molecule has 0 radical (unpaired) electrons. The highest BCUT2D eigenvalue weighted by molar-refractivity contribution is 7.89. The lowest BCUT2D eigenvalue weighted by Crippen LogP contribution is -2.33. The van der Waals surface area contributed by atoms with Crippen LogP contribution in [0.2, 0.25) is 0 Å². The van der Waals surface area contributed by atoms with Gasteiger partial charge in [0, 0.05) is 17.5 Å². The molecule has 7 nitrogen and oxygen atoms in total. The lowest BCUT2D eigenvalue weighted by atomic mass is 10.0. The number of H-pyrrole nitrogens is 1. The minimum absolute atomic E-state index is 0.0638. The van der Waals surface area contributed by atoms with Gasteiger partial charge in [-0.15, -0.1) is 0 Å². The Balaban J connectivity index is 2.29. The molecule has 0 unspecified atom stereocenters. The number of hydrazine groups is 1. The summed E-state index contributed by atoms with van der Waals surface area (Å²) in [6.07, 6.45) is 1.74. The molecule has 114 valence electrons. The number of anilines is 1. The molecule has 22 heavy (non-hydrogen) atoms. The minimum atomic E-state index is -3.86. The first-order chi connectivity index (χ1) is 10.3. The topological polar surface area (TPSA) is 122 Å². The molecule has 2 heterocycles. The molecule has 1 aliphatic rings. The Morgan fingerprint density at radius 2 is 2.00 bits per heavy atom. The molecule has 0 bridgehead atoms. The molecule has 2 aromatic rings. The summed E-state index contributed by atoms with van der Waals surface area (Å²) in [6.45, 7) is 1.77. The van der Waals surface area contributed by atoms with E-state index in [9.17, 15) is 13.2 Å². The number of fused-ring (bicyclic) bond motifs is 1. The van der Waals surface area contributed by atoms with E-state index >= 15 is 0 Å².